The van der Waals surface area contributed by atoms with E-state index in [1.165, 1.54) is 28.2 Å². The van der Waals surface area contributed by atoms with Crippen LogP contribution in [0.5, 0.6) is 0 Å². The number of thiophene rings is 1. The molecule has 1 amide bonds. The molecule has 0 saturated heterocycles. The third-order valence-electron chi connectivity index (χ3n) is 4.14. The highest BCUT2D eigenvalue weighted by Crippen LogP contribution is 2.25. The molecular weight excluding hydrogens is 407 g/mol. The van der Waals surface area contributed by atoms with Crippen LogP contribution >= 0.6 is 11.3 Å². The monoisotopic (exact) mass is 426 g/mol. The summed E-state index contributed by atoms with van der Waals surface area (Å²) in [5, 5.41) is 12.8. The number of amides is 1. The van der Waals surface area contributed by atoms with Gasteiger partial charge in [0.15, 0.2) is 11.6 Å². The van der Waals surface area contributed by atoms with Crippen LogP contribution in [0.3, 0.4) is 0 Å². The molecule has 0 saturated carbocycles. The average Bonchev–Trinajstić information content (AvgIpc) is 3.46. The van der Waals surface area contributed by atoms with E-state index in [9.17, 15) is 9.18 Å². The summed E-state index contributed by atoms with van der Waals surface area (Å²) in [6.45, 7) is 5.96. The lowest BCUT2D eigenvalue weighted by atomic mass is 9.97. The zero-order chi connectivity index (χ0) is 21.3. The largest absolute Gasteiger partial charge is 0.342 e. The average molecular weight is 426 g/mol. The molecule has 4 aromatic rings. The number of benzene rings is 1. The Balaban J connectivity index is 1.58. The highest BCUT2D eigenvalue weighted by Gasteiger charge is 2.23. The Bertz CT molecular complexity index is 1160. The predicted molar refractivity (Wildman–Crippen MR) is 109 cm³/mol. The molecule has 1 aromatic carbocycles. The van der Waals surface area contributed by atoms with Gasteiger partial charge in [-0.1, -0.05) is 32.0 Å². The first-order valence-corrected chi connectivity index (χ1v) is 10.1. The molecule has 154 valence electrons. The smallest absolute Gasteiger partial charge is 0.291 e. The van der Waals surface area contributed by atoms with E-state index in [4.69, 9.17) is 4.52 Å². The third-order valence-corrected chi connectivity index (χ3v) is 5.01. The molecule has 10 heteroatoms. The van der Waals surface area contributed by atoms with E-state index in [0.717, 1.165) is 4.88 Å². The molecule has 0 spiro atoms. The topological polar surface area (TPSA) is 98.7 Å². The minimum atomic E-state index is -0.476. The summed E-state index contributed by atoms with van der Waals surface area (Å²) in [5.74, 6) is 0.508. The maximum Gasteiger partial charge on any atom is 0.291 e. The van der Waals surface area contributed by atoms with Crippen molar-refractivity contribution >= 4 is 17.2 Å². The SMILES string of the molecule is CC(C)(C)c1nc(CNC(=O)c2nc(-c3cccs3)n(-c3ccc(F)cc3)n2)no1. The second kappa shape index (κ2) is 7.79. The summed E-state index contributed by atoms with van der Waals surface area (Å²) in [5.41, 5.74) is 0.319. The number of nitrogens with zero attached hydrogens (tertiary/aromatic N) is 5. The molecule has 30 heavy (non-hydrogen) atoms. The number of hydrogen-bond acceptors (Lipinski definition) is 7. The number of carbonyl (C=O) groups excluding carboxylic acids is 1. The quantitative estimate of drug-likeness (QED) is 0.522. The van der Waals surface area contributed by atoms with Gasteiger partial charge in [-0.3, -0.25) is 4.79 Å². The molecule has 4 rings (SSSR count). The Labute approximate surface area is 175 Å². The molecule has 3 heterocycles. The van der Waals surface area contributed by atoms with Gasteiger partial charge in [0.1, 0.15) is 5.82 Å². The van der Waals surface area contributed by atoms with E-state index in [-0.39, 0.29) is 23.6 Å². The Kier molecular flexibility index (Phi) is 5.17. The van der Waals surface area contributed by atoms with Gasteiger partial charge in [0.25, 0.3) is 5.91 Å². The van der Waals surface area contributed by atoms with Crippen molar-refractivity contribution in [2.45, 2.75) is 32.7 Å². The van der Waals surface area contributed by atoms with Crippen molar-refractivity contribution in [1.82, 2.24) is 30.2 Å². The molecule has 8 nitrogen and oxygen atoms in total. The highest BCUT2D eigenvalue weighted by molar-refractivity contribution is 7.13. The Morgan fingerprint density at radius 2 is 1.97 bits per heavy atom. The van der Waals surface area contributed by atoms with Gasteiger partial charge >= 0.3 is 0 Å². The molecule has 0 unspecified atom stereocenters. The van der Waals surface area contributed by atoms with Crippen LogP contribution in [0.15, 0.2) is 46.3 Å². The van der Waals surface area contributed by atoms with Crippen molar-refractivity contribution < 1.29 is 13.7 Å². The first-order valence-electron chi connectivity index (χ1n) is 9.19. The lowest BCUT2D eigenvalue weighted by Crippen LogP contribution is -2.25. The molecule has 0 radical (unpaired) electrons. The molecule has 0 atom stereocenters. The zero-order valence-corrected chi connectivity index (χ0v) is 17.4. The fraction of sp³-hybridized carbons (Fsp3) is 0.250. The number of rotatable bonds is 5. The van der Waals surface area contributed by atoms with Gasteiger partial charge in [-0.05, 0) is 35.7 Å². The number of hydrogen-bond donors (Lipinski definition) is 1. The molecule has 3 aromatic heterocycles. The van der Waals surface area contributed by atoms with Crippen LogP contribution in [0.4, 0.5) is 4.39 Å². The summed E-state index contributed by atoms with van der Waals surface area (Å²) in [7, 11) is 0. The minimum Gasteiger partial charge on any atom is -0.342 e. The normalized spacial score (nSPS) is 11.6. The van der Waals surface area contributed by atoms with Crippen LogP contribution in [0.2, 0.25) is 0 Å². The van der Waals surface area contributed by atoms with Crippen LogP contribution in [0.1, 0.15) is 43.1 Å². The van der Waals surface area contributed by atoms with Gasteiger partial charge in [-0.25, -0.2) is 14.1 Å². The number of carbonyl (C=O) groups is 1. The maximum absolute atomic E-state index is 13.3. The van der Waals surface area contributed by atoms with Gasteiger partial charge in [0.05, 0.1) is 17.1 Å². The molecule has 0 aliphatic rings. The second-order valence-electron chi connectivity index (χ2n) is 7.57. The van der Waals surface area contributed by atoms with E-state index in [1.54, 1.807) is 12.1 Å². The summed E-state index contributed by atoms with van der Waals surface area (Å²) >= 11 is 1.47. The number of nitrogens with one attached hydrogen (secondary N) is 1. The van der Waals surface area contributed by atoms with Gasteiger partial charge in [0, 0.05) is 5.41 Å². The lowest BCUT2D eigenvalue weighted by Gasteiger charge is -2.10. The van der Waals surface area contributed by atoms with Crippen LogP contribution in [-0.2, 0) is 12.0 Å². The molecule has 1 N–H and O–H groups in total. The summed E-state index contributed by atoms with van der Waals surface area (Å²) in [6.07, 6.45) is 0. The number of halogens is 1. The first kappa shape index (κ1) is 19.9. The fourth-order valence-electron chi connectivity index (χ4n) is 2.60. The fourth-order valence-corrected chi connectivity index (χ4v) is 3.30. The van der Waals surface area contributed by atoms with Gasteiger partial charge in [0.2, 0.25) is 11.7 Å². The summed E-state index contributed by atoms with van der Waals surface area (Å²) in [4.78, 5) is 22.2. The Hall–Kier alpha value is -3.40. The van der Waals surface area contributed by atoms with Gasteiger partial charge < -0.3 is 9.84 Å². The van der Waals surface area contributed by atoms with Crippen molar-refractivity contribution in [3.8, 4) is 16.4 Å². The van der Waals surface area contributed by atoms with E-state index in [1.807, 2.05) is 38.3 Å². The van der Waals surface area contributed by atoms with Crippen LogP contribution in [-0.4, -0.2) is 30.8 Å². The third kappa shape index (κ3) is 4.13. The van der Waals surface area contributed by atoms with Crippen LogP contribution in [0, 0.1) is 5.82 Å². The first-order chi connectivity index (χ1) is 14.3. The van der Waals surface area contributed by atoms with Crippen molar-refractivity contribution in [2.75, 3.05) is 0 Å². The zero-order valence-electron chi connectivity index (χ0n) is 16.6. The second-order valence-corrected chi connectivity index (χ2v) is 8.52. The minimum absolute atomic E-state index is 0.0118. The molecule has 0 aliphatic heterocycles. The van der Waals surface area contributed by atoms with Crippen molar-refractivity contribution in [1.29, 1.82) is 0 Å². The summed E-state index contributed by atoms with van der Waals surface area (Å²) < 4.78 is 20.1. The van der Waals surface area contributed by atoms with Gasteiger partial charge in [-0.2, -0.15) is 4.98 Å². The Morgan fingerprint density at radius 1 is 1.20 bits per heavy atom. The Morgan fingerprint density at radius 3 is 2.60 bits per heavy atom. The van der Waals surface area contributed by atoms with Crippen LogP contribution < -0.4 is 5.32 Å². The van der Waals surface area contributed by atoms with E-state index < -0.39 is 5.91 Å². The maximum atomic E-state index is 13.3. The number of aromatic nitrogens is 5. The van der Waals surface area contributed by atoms with Gasteiger partial charge in [-0.15, -0.1) is 16.4 Å². The standard InChI is InChI=1S/C20H19FN6O2S/c1-20(2,3)19-23-15(26-29-19)11-22-18(28)16-24-17(14-5-4-10-30-14)27(25-16)13-8-6-12(21)7-9-13/h4-10H,11H2,1-3H3,(H,22,28). The molecule has 0 aliphatic carbocycles. The van der Waals surface area contributed by atoms with Crippen molar-refractivity contribution in [3.63, 3.8) is 0 Å². The van der Waals surface area contributed by atoms with Crippen molar-refractivity contribution in [3.05, 3.63) is 65.1 Å². The molecule has 0 fully saturated rings. The predicted octanol–water partition coefficient (Wildman–Crippen LogP) is 3.75. The van der Waals surface area contributed by atoms with E-state index in [2.05, 4.69) is 25.5 Å². The van der Waals surface area contributed by atoms with Crippen molar-refractivity contribution in [2.24, 2.45) is 0 Å². The van der Waals surface area contributed by atoms with Crippen LogP contribution in [0.25, 0.3) is 16.4 Å². The van der Waals surface area contributed by atoms with E-state index >= 15 is 0 Å². The molecular formula is C20H19FN6O2S. The van der Waals surface area contributed by atoms with E-state index in [0.29, 0.717) is 23.2 Å². The molecule has 0 bridgehead atoms. The lowest BCUT2D eigenvalue weighted by molar-refractivity contribution is 0.0939. The summed E-state index contributed by atoms with van der Waals surface area (Å²) in [6, 6.07) is 9.58. The highest BCUT2D eigenvalue weighted by atomic mass is 32.1.